The van der Waals surface area contributed by atoms with E-state index in [1.54, 1.807) is 6.92 Å². The van der Waals surface area contributed by atoms with Crippen molar-refractivity contribution in [3.8, 4) is 6.07 Å². The van der Waals surface area contributed by atoms with Crippen LogP contribution in [0.15, 0.2) is 52.2 Å². The predicted octanol–water partition coefficient (Wildman–Crippen LogP) is 4.51. The smallest absolute Gasteiger partial charge is 0.256 e. The maximum Gasteiger partial charge on any atom is 0.256 e. The average molecular weight is 335 g/mol. The monoisotopic (exact) mass is 335 g/mol. The van der Waals surface area contributed by atoms with Gasteiger partial charge >= 0.3 is 0 Å². The van der Waals surface area contributed by atoms with E-state index in [1.807, 2.05) is 44.2 Å². The fourth-order valence-corrected chi connectivity index (χ4v) is 2.68. The van der Waals surface area contributed by atoms with Crippen LogP contribution in [0.2, 0.25) is 0 Å². The van der Waals surface area contributed by atoms with Gasteiger partial charge < -0.3 is 5.32 Å². The van der Waals surface area contributed by atoms with Crippen molar-refractivity contribution >= 4 is 11.7 Å². The second-order valence-corrected chi connectivity index (χ2v) is 7.49. The normalized spacial score (nSPS) is 18.0. The summed E-state index contributed by atoms with van der Waals surface area (Å²) in [5, 5.41) is 12.1. The molecule has 1 amide bonds. The van der Waals surface area contributed by atoms with Crippen molar-refractivity contribution in [3.05, 3.63) is 58.3 Å². The lowest BCUT2D eigenvalue weighted by molar-refractivity contribution is 0.0977. The van der Waals surface area contributed by atoms with Crippen LogP contribution in [0, 0.1) is 17.2 Å². The van der Waals surface area contributed by atoms with Crippen LogP contribution in [0.1, 0.15) is 57.5 Å². The number of benzene rings is 1. The molecule has 4 heteroatoms. The highest BCUT2D eigenvalue weighted by Gasteiger charge is 2.20. The minimum absolute atomic E-state index is 0.0515. The Hall–Kier alpha value is -2.67. The van der Waals surface area contributed by atoms with Gasteiger partial charge in [0, 0.05) is 5.56 Å². The molecule has 4 nitrogen and oxygen atoms in total. The fraction of sp³-hybridized carbons (Fsp3) is 0.381. The lowest BCUT2D eigenvalue weighted by Gasteiger charge is -2.19. The largest absolute Gasteiger partial charge is 0.310 e. The summed E-state index contributed by atoms with van der Waals surface area (Å²) in [6.45, 7) is 12.1. The summed E-state index contributed by atoms with van der Waals surface area (Å²) < 4.78 is 0. The molecule has 0 saturated carbocycles. The molecule has 0 aromatic heterocycles. The van der Waals surface area contributed by atoms with Gasteiger partial charge in [-0.15, -0.1) is 0 Å². The van der Waals surface area contributed by atoms with Gasteiger partial charge in [0.2, 0.25) is 0 Å². The fourth-order valence-electron chi connectivity index (χ4n) is 2.68. The van der Waals surface area contributed by atoms with Gasteiger partial charge in [-0.25, -0.2) is 4.99 Å². The molecule has 0 aliphatic heterocycles. The summed E-state index contributed by atoms with van der Waals surface area (Å²) >= 11 is 0. The zero-order valence-electron chi connectivity index (χ0n) is 15.8. The minimum Gasteiger partial charge on any atom is -0.310 e. The van der Waals surface area contributed by atoms with Crippen LogP contribution in [-0.4, -0.2) is 11.7 Å². The Kier molecular flexibility index (Phi) is 5.27. The number of hydrogen-bond acceptors (Lipinski definition) is 3. The predicted molar refractivity (Wildman–Crippen MR) is 101 cm³/mol. The topological polar surface area (TPSA) is 65.2 Å². The Bertz CT molecular complexity index is 812. The van der Waals surface area contributed by atoms with Gasteiger partial charge in [0.15, 0.2) is 0 Å². The van der Waals surface area contributed by atoms with E-state index < -0.39 is 0 Å². The third-order valence-corrected chi connectivity index (χ3v) is 4.45. The van der Waals surface area contributed by atoms with Crippen molar-refractivity contribution in [1.29, 1.82) is 5.26 Å². The Balaban J connectivity index is 2.13. The molecule has 1 atom stereocenters. The molecular formula is C21H25N3O. The van der Waals surface area contributed by atoms with Crippen LogP contribution in [0.3, 0.4) is 0 Å². The van der Waals surface area contributed by atoms with Crippen molar-refractivity contribution in [2.24, 2.45) is 10.9 Å². The molecule has 1 aromatic carbocycles. The lowest BCUT2D eigenvalue weighted by Crippen LogP contribution is -2.28. The minimum atomic E-state index is -0.201. The molecule has 0 fully saturated rings. The third-order valence-electron chi connectivity index (χ3n) is 4.45. The molecule has 2 rings (SSSR count). The second-order valence-electron chi connectivity index (χ2n) is 7.49. The van der Waals surface area contributed by atoms with Gasteiger partial charge in [-0.05, 0) is 48.4 Å². The van der Waals surface area contributed by atoms with Crippen molar-refractivity contribution in [3.63, 3.8) is 0 Å². The summed E-state index contributed by atoms with van der Waals surface area (Å²) in [5.74, 6) is 0.472. The number of carbonyl (C=O) groups is 1. The lowest BCUT2D eigenvalue weighted by atomic mass is 9.87. The summed E-state index contributed by atoms with van der Waals surface area (Å²) in [6, 6.07) is 9.79. The van der Waals surface area contributed by atoms with Crippen LogP contribution in [0.5, 0.6) is 0 Å². The Morgan fingerprint density at radius 1 is 1.24 bits per heavy atom. The molecule has 130 valence electrons. The molecule has 0 radical (unpaired) electrons. The molecular weight excluding hydrogens is 310 g/mol. The van der Waals surface area contributed by atoms with Gasteiger partial charge in [0.05, 0.1) is 11.3 Å². The SMILES string of the molecule is CC(=NC1=CC(C)C(C)=C1C#N)NC(=O)c1ccc(C(C)(C)C)cc1. The van der Waals surface area contributed by atoms with Gasteiger partial charge in [-0.2, -0.15) is 5.26 Å². The highest BCUT2D eigenvalue weighted by Crippen LogP contribution is 2.30. The van der Waals surface area contributed by atoms with E-state index in [1.165, 1.54) is 5.56 Å². The number of nitriles is 1. The maximum atomic E-state index is 12.4. The van der Waals surface area contributed by atoms with Crippen LogP contribution in [-0.2, 0) is 5.41 Å². The molecule has 1 N–H and O–H groups in total. The number of carbonyl (C=O) groups excluding carboxylic acids is 1. The van der Waals surface area contributed by atoms with E-state index in [9.17, 15) is 10.1 Å². The average Bonchev–Trinajstić information content (AvgIpc) is 2.80. The first-order chi connectivity index (χ1) is 11.6. The first-order valence-electron chi connectivity index (χ1n) is 8.43. The number of rotatable bonds is 2. The molecule has 1 aliphatic carbocycles. The summed E-state index contributed by atoms with van der Waals surface area (Å²) in [6.07, 6.45) is 1.95. The van der Waals surface area contributed by atoms with E-state index in [0.717, 1.165) is 5.57 Å². The highest BCUT2D eigenvalue weighted by molar-refractivity contribution is 6.06. The highest BCUT2D eigenvalue weighted by atomic mass is 16.1. The van der Waals surface area contributed by atoms with Crippen molar-refractivity contribution in [2.75, 3.05) is 0 Å². The van der Waals surface area contributed by atoms with Gasteiger partial charge in [0.1, 0.15) is 11.9 Å². The van der Waals surface area contributed by atoms with Gasteiger partial charge in [-0.1, -0.05) is 45.9 Å². The molecule has 0 spiro atoms. The zero-order chi connectivity index (χ0) is 18.8. The van der Waals surface area contributed by atoms with E-state index in [2.05, 4.69) is 37.1 Å². The van der Waals surface area contributed by atoms with E-state index in [-0.39, 0.29) is 17.2 Å². The maximum absolute atomic E-state index is 12.4. The van der Waals surface area contributed by atoms with Crippen LogP contribution < -0.4 is 5.32 Å². The number of allylic oxidation sites excluding steroid dienone is 3. The number of amidine groups is 1. The standard InChI is InChI=1S/C21H25N3O/c1-13-11-19(18(12-22)14(13)2)23-15(3)24-20(25)16-7-9-17(10-8-16)21(4,5)6/h7-11,13H,1-6H3,(H,23,24,25). The number of hydrogen-bond donors (Lipinski definition) is 1. The Morgan fingerprint density at radius 3 is 2.36 bits per heavy atom. The molecule has 1 unspecified atom stereocenters. The molecule has 1 aliphatic rings. The molecule has 0 saturated heterocycles. The van der Waals surface area contributed by atoms with Crippen LogP contribution >= 0.6 is 0 Å². The first-order valence-corrected chi connectivity index (χ1v) is 8.43. The van der Waals surface area contributed by atoms with E-state index >= 15 is 0 Å². The summed E-state index contributed by atoms with van der Waals surface area (Å²) in [7, 11) is 0. The number of nitrogens with zero attached hydrogens (tertiary/aromatic N) is 2. The molecule has 1 aromatic rings. The van der Waals surface area contributed by atoms with Gasteiger partial charge in [-0.3, -0.25) is 4.79 Å². The third kappa shape index (κ3) is 4.24. The van der Waals surface area contributed by atoms with Crippen molar-refractivity contribution in [1.82, 2.24) is 5.32 Å². The quantitative estimate of drug-likeness (QED) is 0.638. The zero-order valence-corrected chi connectivity index (χ0v) is 15.8. The van der Waals surface area contributed by atoms with Crippen LogP contribution in [0.25, 0.3) is 0 Å². The Labute approximate surface area is 150 Å². The Morgan fingerprint density at radius 2 is 1.84 bits per heavy atom. The van der Waals surface area contributed by atoms with Gasteiger partial charge in [0.25, 0.3) is 5.91 Å². The van der Waals surface area contributed by atoms with Crippen molar-refractivity contribution < 1.29 is 4.79 Å². The first kappa shape index (κ1) is 18.7. The number of nitrogens with one attached hydrogen (secondary N) is 1. The van der Waals surface area contributed by atoms with Crippen molar-refractivity contribution in [2.45, 2.75) is 47.0 Å². The molecule has 25 heavy (non-hydrogen) atoms. The van der Waals surface area contributed by atoms with E-state index in [4.69, 9.17) is 0 Å². The summed E-state index contributed by atoms with van der Waals surface area (Å²) in [5.41, 5.74) is 4.06. The van der Waals surface area contributed by atoms with E-state index in [0.29, 0.717) is 22.7 Å². The second kappa shape index (κ2) is 7.06. The summed E-state index contributed by atoms with van der Waals surface area (Å²) in [4.78, 5) is 16.8. The number of aliphatic imine (C=N–C) groups is 1. The molecule has 0 heterocycles. The van der Waals surface area contributed by atoms with Crippen LogP contribution in [0.4, 0.5) is 0 Å². The molecule has 0 bridgehead atoms. The number of amides is 1.